The van der Waals surface area contributed by atoms with Crippen LogP contribution in [-0.2, 0) is 13.2 Å². The van der Waals surface area contributed by atoms with Gasteiger partial charge in [0.15, 0.2) is 11.5 Å². The van der Waals surface area contributed by atoms with Crippen molar-refractivity contribution in [1.29, 1.82) is 0 Å². The summed E-state index contributed by atoms with van der Waals surface area (Å²) in [4.78, 5) is 0. The Bertz CT molecular complexity index is 662. The fourth-order valence-electron chi connectivity index (χ4n) is 1.90. The molecule has 0 spiro atoms. The number of aliphatic hydroxyl groups is 1. The Morgan fingerprint density at radius 3 is 2.55 bits per heavy atom. The third-order valence-corrected chi connectivity index (χ3v) is 4.11. The summed E-state index contributed by atoms with van der Waals surface area (Å²) >= 11 is 15.5. The molecule has 0 aliphatic carbocycles. The fourth-order valence-corrected chi connectivity index (χ4v) is 2.97. The summed E-state index contributed by atoms with van der Waals surface area (Å²) in [6.45, 7) is 2.61. The third kappa shape index (κ3) is 4.29. The van der Waals surface area contributed by atoms with Crippen molar-refractivity contribution >= 4 is 39.1 Å². The molecule has 2 aromatic carbocycles. The van der Waals surface area contributed by atoms with E-state index >= 15 is 0 Å². The molecule has 0 heterocycles. The smallest absolute Gasteiger partial charge is 0.175 e. The van der Waals surface area contributed by atoms with Crippen molar-refractivity contribution < 1.29 is 14.6 Å². The molecule has 3 nitrogen and oxygen atoms in total. The van der Waals surface area contributed by atoms with Crippen molar-refractivity contribution in [3.8, 4) is 11.5 Å². The number of aliphatic hydroxyl groups excluding tert-OH is 1. The first kappa shape index (κ1) is 17.4. The maximum absolute atomic E-state index is 9.27. The Balaban J connectivity index is 2.24. The summed E-state index contributed by atoms with van der Waals surface area (Å²) in [7, 11) is 0. The number of hydrogen-bond acceptors (Lipinski definition) is 3. The van der Waals surface area contributed by atoms with Crippen LogP contribution in [0.1, 0.15) is 18.1 Å². The lowest BCUT2D eigenvalue weighted by Gasteiger charge is -2.15. The van der Waals surface area contributed by atoms with E-state index < -0.39 is 0 Å². The van der Waals surface area contributed by atoms with Gasteiger partial charge in [0.1, 0.15) is 6.61 Å². The molecule has 22 heavy (non-hydrogen) atoms. The van der Waals surface area contributed by atoms with E-state index in [1.165, 1.54) is 0 Å². The zero-order valence-electron chi connectivity index (χ0n) is 11.9. The van der Waals surface area contributed by atoms with Crippen molar-refractivity contribution in [2.45, 2.75) is 20.1 Å². The van der Waals surface area contributed by atoms with Crippen molar-refractivity contribution in [3.63, 3.8) is 0 Å². The molecular weight excluding hydrogens is 391 g/mol. The summed E-state index contributed by atoms with van der Waals surface area (Å²) in [5.41, 5.74) is 1.57. The molecule has 0 unspecified atom stereocenters. The molecule has 0 aliphatic rings. The number of rotatable bonds is 6. The van der Waals surface area contributed by atoms with Crippen LogP contribution in [0.15, 0.2) is 34.8 Å². The molecule has 0 fully saturated rings. The first-order chi connectivity index (χ1) is 10.5. The van der Waals surface area contributed by atoms with Gasteiger partial charge in [0.2, 0.25) is 0 Å². The Morgan fingerprint density at radius 2 is 1.91 bits per heavy atom. The van der Waals surface area contributed by atoms with E-state index in [0.29, 0.717) is 32.6 Å². The van der Waals surface area contributed by atoms with Gasteiger partial charge in [-0.3, -0.25) is 0 Å². The first-order valence-electron chi connectivity index (χ1n) is 6.68. The number of hydrogen-bond donors (Lipinski definition) is 1. The van der Waals surface area contributed by atoms with Crippen LogP contribution in [0.3, 0.4) is 0 Å². The van der Waals surface area contributed by atoms with E-state index in [-0.39, 0.29) is 13.2 Å². The van der Waals surface area contributed by atoms with E-state index in [1.807, 2.05) is 13.0 Å². The largest absolute Gasteiger partial charge is 0.490 e. The van der Waals surface area contributed by atoms with E-state index in [4.69, 9.17) is 32.7 Å². The Morgan fingerprint density at radius 1 is 1.14 bits per heavy atom. The Hall–Kier alpha value is -0.940. The van der Waals surface area contributed by atoms with Crippen LogP contribution in [0.4, 0.5) is 0 Å². The van der Waals surface area contributed by atoms with Gasteiger partial charge >= 0.3 is 0 Å². The molecule has 0 atom stereocenters. The van der Waals surface area contributed by atoms with Crippen molar-refractivity contribution in [2.75, 3.05) is 6.61 Å². The molecule has 0 saturated heterocycles. The average Bonchev–Trinajstić information content (AvgIpc) is 2.48. The summed E-state index contributed by atoms with van der Waals surface area (Å²) in [5, 5.41) is 10.4. The second kappa shape index (κ2) is 8.06. The highest BCUT2D eigenvalue weighted by Gasteiger charge is 2.13. The molecule has 0 aliphatic heterocycles. The standard InChI is InChI=1S/C16H15BrCl2O3/c1-2-21-15-6-10(8-20)5-13(17)16(15)22-9-11-3-4-12(18)7-14(11)19/h3-7,20H,2,8-9H2,1H3. The zero-order valence-corrected chi connectivity index (χ0v) is 15.0. The molecule has 0 saturated carbocycles. The van der Waals surface area contributed by atoms with E-state index in [2.05, 4.69) is 15.9 Å². The van der Waals surface area contributed by atoms with Gasteiger partial charge in [-0.05, 0) is 52.7 Å². The SMILES string of the molecule is CCOc1cc(CO)cc(Br)c1OCc1ccc(Cl)cc1Cl. The normalized spacial score (nSPS) is 10.6. The predicted octanol–water partition coefficient (Wildman–Crippen LogP) is 5.23. The molecule has 6 heteroatoms. The molecule has 0 bridgehead atoms. The predicted molar refractivity (Wildman–Crippen MR) is 92.0 cm³/mol. The van der Waals surface area contributed by atoms with Crippen molar-refractivity contribution in [2.24, 2.45) is 0 Å². The van der Waals surface area contributed by atoms with E-state index in [0.717, 1.165) is 11.1 Å². The number of halogens is 3. The highest BCUT2D eigenvalue weighted by atomic mass is 79.9. The summed E-state index contributed by atoms with van der Waals surface area (Å²) in [6.07, 6.45) is 0. The molecule has 2 rings (SSSR count). The lowest BCUT2D eigenvalue weighted by molar-refractivity contribution is 0.262. The van der Waals surface area contributed by atoms with Gasteiger partial charge in [-0.1, -0.05) is 29.3 Å². The quantitative estimate of drug-likeness (QED) is 0.715. The maximum atomic E-state index is 9.27. The van der Waals surface area contributed by atoms with Gasteiger partial charge in [0, 0.05) is 15.6 Å². The van der Waals surface area contributed by atoms with Crippen LogP contribution in [-0.4, -0.2) is 11.7 Å². The second-order valence-corrected chi connectivity index (χ2v) is 6.22. The number of benzene rings is 2. The molecule has 0 aromatic heterocycles. The van der Waals surface area contributed by atoms with Gasteiger partial charge in [-0.15, -0.1) is 0 Å². The monoisotopic (exact) mass is 404 g/mol. The molecule has 118 valence electrons. The van der Waals surface area contributed by atoms with E-state index in [1.54, 1.807) is 24.3 Å². The van der Waals surface area contributed by atoms with Crippen LogP contribution in [0.5, 0.6) is 11.5 Å². The van der Waals surface area contributed by atoms with Crippen LogP contribution in [0.25, 0.3) is 0 Å². The van der Waals surface area contributed by atoms with Crippen LogP contribution < -0.4 is 9.47 Å². The van der Waals surface area contributed by atoms with Crippen molar-refractivity contribution in [3.05, 3.63) is 56.0 Å². The zero-order chi connectivity index (χ0) is 16.1. The Kier molecular flexibility index (Phi) is 6.38. The summed E-state index contributed by atoms with van der Waals surface area (Å²) < 4.78 is 12.1. The average molecular weight is 406 g/mol. The van der Waals surface area contributed by atoms with Crippen LogP contribution in [0, 0.1) is 0 Å². The van der Waals surface area contributed by atoms with E-state index in [9.17, 15) is 5.11 Å². The Labute approximate surface area is 147 Å². The molecule has 0 amide bonds. The second-order valence-electron chi connectivity index (χ2n) is 4.52. The summed E-state index contributed by atoms with van der Waals surface area (Å²) in [6, 6.07) is 8.81. The molecule has 2 aromatic rings. The molecule has 0 radical (unpaired) electrons. The fraction of sp³-hybridized carbons (Fsp3) is 0.250. The van der Waals surface area contributed by atoms with Crippen LogP contribution in [0.2, 0.25) is 10.0 Å². The van der Waals surface area contributed by atoms with Gasteiger partial charge in [0.25, 0.3) is 0 Å². The topological polar surface area (TPSA) is 38.7 Å². The lowest BCUT2D eigenvalue weighted by Crippen LogP contribution is -2.02. The molecular formula is C16H15BrCl2O3. The minimum Gasteiger partial charge on any atom is -0.490 e. The first-order valence-corrected chi connectivity index (χ1v) is 8.22. The number of ether oxygens (including phenoxy) is 2. The highest BCUT2D eigenvalue weighted by Crippen LogP contribution is 2.38. The van der Waals surface area contributed by atoms with Crippen LogP contribution >= 0.6 is 39.1 Å². The lowest BCUT2D eigenvalue weighted by atomic mass is 10.2. The van der Waals surface area contributed by atoms with Gasteiger partial charge in [-0.2, -0.15) is 0 Å². The minimum atomic E-state index is -0.0675. The minimum absolute atomic E-state index is 0.0675. The maximum Gasteiger partial charge on any atom is 0.175 e. The van der Waals surface area contributed by atoms with Crippen molar-refractivity contribution in [1.82, 2.24) is 0 Å². The molecule has 1 N–H and O–H groups in total. The summed E-state index contributed by atoms with van der Waals surface area (Å²) in [5.74, 6) is 1.15. The van der Waals surface area contributed by atoms with Gasteiger partial charge in [-0.25, -0.2) is 0 Å². The highest BCUT2D eigenvalue weighted by molar-refractivity contribution is 9.10. The third-order valence-electron chi connectivity index (χ3n) is 2.94. The van der Waals surface area contributed by atoms with Gasteiger partial charge in [0.05, 0.1) is 17.7 Å². The van der Waals surface area contributed by atoms with Gasteiger partial charge < -0.3 is 14.6 Å².